The zero-order chi connectivity index (χ0) is 15.9. The van der Waals surface area contributed by atoms with Crippen LogP contribution >= 0.6 is 0 Å². The SMILES string of the molecule is CN(CC1CCCOC1)C(=O)CCc1ccc(C(=O)O)cc1. The van der Waals surface area contributed by atoms with Crippen LogP contribution in [0.1, 0.15) is 35.2 Å². The summed E-state index contributed by atoms with van der Waals surface area (Å²) in [6, 6.07) is 6.69. The van der Waals surface area contributed by atoms with Crippen LogP contribution in [0.15, 0.2) is 24.3 Å². The molecule has 1 aliphatic heterocycles. The maximum absolute atomic E-state index is 12.2. The molecule has 0 aliphatic carbocycles. The van der Waals surface area contributed by atoms with Gasteiger partial charge in [-0.05, 0) is 42.9 Å². The summed E-state index contributed by atoms with van der Waals surface area (Å²) in [5, 5.41) is 8.85. The van der Waals surface area contributed by atoms with Crippen LogP contribution in [0.4, 0.5) is 0 Å². The number of carboxylic acids is 1. The first-order chi connectivity index (χ1) is 10.6. The van der Waals surface area contributed by atoms with Gasteiger partial charge >= 0.3 is 5.97 Å². The van der Waals surface area contributed by atoms with E-state index in [-0.39, 0.29) is 11.5 Å². The maximum Gasteiger partial charge on any atom is 0.335 e. The van der Waals surface area contributed by atoms with Crippen LogP contribution in [0.5, 0.6) is 0 Å². The van der Waals surface area contributed by atoms with Crippen molar-refractivity contribution in [3.8, 4) is 0 Å². The molecule has 1 aromatic carbocycles. The average Bonchev–Trinajstić information content (AvgIpc) is 2.53. The van der Waals surface area contributed by atoms with Crippen LogP contribution in [0.25, 0.3) is 0 Å². The van der Waals surface area contributed by atoms with Gasteiger partial charge in [0, 0.05) is 26.6 Å². The molecule has 0 spiro atoms. The number of aryl methyl sites for hydroxylation is 1. The number of carboxylic acid groups (broad SMARTS) is 1. The van der Waals surface area contributed by atoms with Gasteiger partial charge in [0.05, 0.1) is 12.2 Å². The highest BCUT2D eigenvalue weighted by molar-refractivity contribution is 5.87. The van der Waals surface area contributed by atoms with Gasteiger partial charge in [-0.25, -0.2) is 4.79 Å². The number of hydrogen-bond acceptors (Lipinski definition) is 3. The van der Waals surface area contributed by atoms with Crippen molar-refractivity contribution < 1.29 is 19.4 Å². The molecule has 5 heteroatoms. The Morgan fingerprint density at radius 3 is 2.64 bits per heavy atom. The second-order valence-corrected chi connectivity index (χ2v) is 5.86. The molecule has 1 saturated heterocycles. The predicted octanol–water partition coefficient (Wildman–Crippen LogP) is 2.20. The van der Waals surface area contributed by atoms with E-state index in [9.17, 15) is 9.59 Å². The summed E-state index contributed by atoms with van der Waals surface area (Å²) in [5.74, 6) is -0.373. The third-order valence-electron chi connectivity index (χ3n) is 4.04. The molecule has 0 bridgehead atoms. The van der Waals surface area contributed by atoms with E-state index < -0.39 is 5.97 Å². The molecule has 22 heavy (non-hydrogen) atoms. The highest BCUT2D eigenvalue weighted by atomic mass is 16.5. The molecule has 1 aliphatic rings. The van der Waals surface area contributed by atoms with Gasteiger partial charge < -0.3 is 14.7 Å². The van der Waals surface area contributed by atoms with Crippen molar-refractivity contribution >= 4 is 11.9 Å². The molecule has 0 radical (unpaired) electrons. The lowest BCUT2D eigenvalue weighted by Crippen LogP contribution is -2.35. The molecule has 5 nitrogen and oxygen atoms in total. The van der Waals surface area contributed by atoms with Crippen molar-refractivity contribution in [3.63, 3.8) is 0 Å². The van der Waals surface area contributed by atoms with Crippen molar-refractivity contribution in [2.24, 2.45) is 5.92 Å². The summed E-state index contributed by atoms with van der Waals surface area (Å²) >= 11 is 0. The second kappa shape index (κ2) is 7.94. The first-order valence-corrected chi connectivity index (χ1v) is 7.70. The molecule has 1 N–H and O–H groups in total. The average molecular weight is 305 g/mol. The minimum absolute atomic E-state index is 0.118. The molecular weight excluding hydrogens is 282 g/mol. The highest BCUT2D eigenvalue weighted by Gasteiger charge is 2.18. The Morgan fingerprint density at radius 1 is 1.32 bits per heavy atom. The smallest absolute Gasteiger partial charge is 0.335 e. The van der Waals surface area contributed by atoms with Crippen molar-refractivity contribution in [2.75, 3.05) is 26.8 Å². The molecule has 0 aromatic heterocycles. The van der Waals surface area contributed by atoms with Crippen LogP contribution < -0.4 is 0 Å². The zero-order valence-electron chi connectivity index (χ0n) is 13.0. The number of carbonyl (C=O) groups excluding carboxylic acids is 1. The number of amides is 1. The summed E-state index contributed by atoms with van der Waals surface area (Å²) in [5.41, 5.74) is 1.25. The lowest BCUT2D eigenvalue weighted by atomic mass is 10.0. The maximum atomic E-state index is 12.2. The van der Waals surface area contributed by atoms with Crippen LogP contribution in [0, 0.1) is 5.92 Å². The zero-order valence-corrected chi connectivity index (χ0v) is 13.0. The van der Waals surface area contributed by atoms with Gasteiger partial charge in [-0.1, -0.05) is 12.1 Å². The van der Waals surface area contributed by atoms with Crippen LogP contribution in [-0.4, -0.2) is 48.7 Å². The lowest BCUT2D eigenvalue weighted by molar-refractivity contribution is -0.131. The van der Waals surface area contributed by atoms with E-state index in [1.807, 2.05) is 7.05 Å². The third kappa shape index (κ3) is 4.84. The number of aromatic carboxylic acids is 1. The number of carbonyl (C=O) groups is 2. The van der Waals surface area contributed by atoms with Gasteiger partial charge in [0.1, 0.15) is 0 Å². The van der Waals surface area contributed by atoms with Crippen molar-refractivity contribution in [1.82, 2.24) is 4.90 Å². The quantitative estimate of drug-likeness (QED) is 0.875. The van der Waals surface area contributed by atoms with Crippen LogP contribution in [-0.2, 0) is 16.0 Å². The van der Waals surface area contributed by atoms with E-state index in [0.717, 1.165) is 38.2 Å². The van der Waals surface area contributed by atoms with Crippen LogP contribution in [0.2, 0.25) is 0 Å². The monoisotopic (exact) mass is 305 g/mol. The molecule has 1 fully saturated rings. The van der Waals surface area contributed by atoms with Crippen molar-refractivity contribution in [3.05, 3.63) is 35.4 Å². The molecule has 1 atom stereocenters. The number of benzene rings is 1. The molecular formula is C17H23NO4. The minimum atomic E-state index is -0.933. The van der Waals surface area contributed by atoms with E-state index >= 15 is 0 Å². The largest absolute Gasteiger partial charge is 0.478 e. The summed E-state index contributed by atoms with van der Waals surface area (Å²) in [7, 11) is 1.84. The van der Waals surface area contributed by atoms with E-state index in [4.69, 9.17) is 9.84 Å². The number of ether oxygens (including phenoxy) is 1. The molecule has 1 heterocycles. The van der Waals surface area contributed by atoms with Gasteiger partial charge in [0.2, 0.25) is 5.91 Å². The number of rotatable bonds is 6. The summed E-state index contributed by atoms with van der Waals surface area (Å²) < 4.78 is 5.44. The third-order valence-corrected chi connectivity index (χ3v) is 4.04. The van der Waals surface area contributed by atoms with Crippen molar-refractivity contribution in [1.29, 1.82) is 0 Å². The molecule has 2 rings (SSSR count). The van der Waals surface area contributed by atoms with Crippen LogP contribution in [0.3, 0.4) is 0 Å². The Morgan fingerprint density at radius 2 is 2.05 bits per heavy atom. The van der Waals surface area contributed by atoms with Gasteiger partial charge in [-0.2, -0.15) is 0 Å². The molecule has 1 aromatic rings. The van der Waals surface area contributed by atoms with Gasteiger partial charge in [0.15, 0.2) is 0 Å². The Bertz CT molecular complexity index is 506. The number of nitrogens with zero attached hydrogens (tertiary/aromatic N) is 1. The normalized spacial score (nSPS) is 18.0. The fourth-order valence-corrected chi connectivity index (χ4v) is 2.70. The molecule has 120 valence electrons. The standard InChI is InChI=1S/C17H23NO4/c1-18(11-14-3-2-10-22-12-14)16(19)9-6-13-4-7-15(8-5-13)17(20)21/h4-5,7-8,14H,2-3,6,9-12H2,1H3,(H,20,21). The number of hydrogen-bond donors (Lipinski definition) is 1. The summed E-state index contributed by atoms with van der Waals surface area (Å²) in [4.78, 5) is 24.7. The van der Waals surface area contributed by atoms with E-state index in [1.54, 1.807) is 29.2 Å². The molecule has 1 amide bonds. The first-order valence-electron chi connectivity index (χ1n) is 7.70. The highest BCUT2D eigenvalue weighted by Crippen LogP contribution is 2.15. The van der Waals surface area contributed by atoms with Gasteiger partial charge in [-0.15, -0.1) is 0 Å². The topological polar surface area (TPSA) is 66.8 Å². The van der Waals surface area contributed by atoms with Gasteiger partial charge in [0.25, 0.3) is 0 Å². The van der Waals surface area contributed by atoms with E-state index in [0.29, 0.717) is 18.8 Å². The second-order valence-electron chi connectivity index (χ2n) is 5.86. The molecule has 1 unspecified atom stereocenters. The van der Waals surface area contributed by atoms with Gasteiger partial charge in [-0.3, -0.25) is 4.79 Å². The Balaban J connectivity index is 1.77. The Kier molecular flexibility index (Phi) is 5.95. The molecule has 0 saturated carbocycles. The first kappa shape index (κ1) is 16.5. The lowest BCUT2D eigenvalue weighted by Gasteiger charge is -2.27. The minimum Gasteiger partial charge on any atom is -0.478 e. The predicted molar refractivity (Wildman–Crippen MR) is 82.9 cm³/mol. The fourth-order valence-electron chi connectivity index (χ4n) is 2.70. The Labute approximate surface area is 130 Å². The summed E-state index contributed by atoms with van der Waals surface area (Å²) in [6.07, 6.45) is 3.26. The summed E-state index contributed by atoms with van der Waals surface area (Å²) in [6.45, 7) is 2.32. The van der Waals surface area contributed by atoms with E-state index in [1.165, 1.54) is 0 Å². The van der Waals surface area contributed by atoms with E-state index in [2.05, 4.69) is 0 Å². The fraction of sp³-hybridized carbons (Fsp3) is 0.529. The van der Waals surface area contributed by atoms with Crippen molar-refractivity contribution in [2.45, 2.75) is 25.7 Å². The Hall–Kier alpha value is -1.88.